The molecular formula is C24H21BrO2. The Morgan fingerprint density at radius 1 is 0.889 bits per heavy atom. The van der Waals surface area contributed by atoms with Crippen molar-refractivity contribution in [3.05, 3.63) is 99.2 Å². The summed E-state index contributed by atoms with van der Waals surface area (Å²) in [5, 5.41) is 1.16. The molecule has 27 heavy (non-hydrogen) atoms. The van der Waals surface area contributed by atoms with Crippen LogP contribution in [0.5, 0.6) is 5.75 Å². The van der Waals surface area contributed by atoms with Gasteiger partial charge in [-0.1, -0.05) is 48.5 Å². The number of furan rings is 1. The first-order chi connectivity index (χ1) is 13.1. The van der Waals surface area contributed by atoms with Crippen LogP contribution in [0.2, 0.25) is 0 Å². The average Bonchev–Trinajstić information content (AvgIpc) is 3.08. The van der Waals surface area contributed by atoms with Crippen molar-refractivity contribution in [2.24, 2.45) is 0 Å². The summed E-state index contributed by atoms with van der Waals surface area (Å²) in [4.78, 5) is 0. The first-order valence-corrected chi connectivity index (χ1v) is 9.83. The van der Waals surface area contributed by atoms with Crippen LogP contribution in [0, 0.1) is 13.8 Å². The number of hydrogen-bond donors (Lipinski definition) is 0. The average molecular weight is 421 g/mol. The molecule has 0 saturated heterocycles. The lowest BCUT2D eigenvalue weighted by atomic mass is 10.0. The van der Waals surface area contributed by atoms with Crippen LogP contribution < -0.4 is 4.74 Å². The molecule has 0 aliphatic carbocycles. The normalized spacial score (nSPS) is 11.1. The molecule has 0 N–H and O–H groups in total. The maximum absolute atomic E-state index is 6.09. The lowest BCUT2D eigenvalue weighted by molar-refractivity contribution is 0.304. The fourth-order valence-corrected chi connectivity index (χ4v) is 3.77. The van der Waals surface area contributed by atoms with Crippen molar-refractivity contribution < 1.29 is 9.15 Å². The zero-order valence-electron chi connectivity index (χ0n) is 15.5. The van der Waals surface area contributed by atoms with Crippen LogP contribution in [0.15, 0.2) is 75.6 Å². The number of hydrogen-bond acceptors (Lipinski definition) is 2. The van der Waals surface area contributed by atoms with E-state index in [1.165, 1.54) is 16.7 Å². The second-order valence-corrected chi connectivity index (χ2v) is 7.72. The summed E-state index contributed by atoms with van der Waals surface area (Å²) in [5.41, 5.74) is 5.72. The molecule has 0 aliphatic rings. The summed E-state index contributed by atoms with van der Waals surface area (Å²) in [7, 11) is 0. The smallest absolute Gasteiger partial charge is 0.137 e. The minimum atomic E-state index is 0.557. The summed E-state index contributed by atoms with van der Waals surface area (Å²) in [5.74, 6) is 1.84. The van der Waals surface area contributed by atoms with Gasteiger partial charge in [-0.05, 0) is 70.2 Å². The van der Waals surface area contributed by atoms with Crippen LogP contribution in [0.25, 0.3) is 11.0 Å². The maximum atomic E-state index is 6.09. The summed E-state index contributed by atoms with van der Waals surface area (Å²) < 4.78 is 13.1. The molecule has 4 rings (SSSR count). The Labute approximate surface area is 167 Å². The molecule has 0 fully saturated rings. The van der Waals surface area contributed by atoms with E-state index in [9.17, 15) is 0 Å². The van der Waals surface area contributed by atoms with Gasteiger partial charge in [-0.15, -0.1) is 0 Å². The Bertz CT molecular complexity index is 1080. The largest absolute Gasteiger partial charge is 0.488 e. The van der Waals surface area contributed by atoms with E-state index in [0.717, 1.165) is 38.9 Å². The van der Waals surface area contributed by atoms with Crippen LogP contribution >= 0.6 is 15.9 Å². The molecule has 0 aliphatic heterocycles. The fraction of sp³-hybridized carbons (Fsp3) is 0.167. The van der Waals surface area contributed by atoms with Crippen molar-refractivity contribution in [1.29, 1.82) is 0 Å². The van der Waals surface area contributed by atoms with Gasteiger partial charge in [-0.3, -0.25) is 0 Å². The molecular weight excluding hydrogens is 400 g/mol. The van der Waals surface area contributed by atoms with E-state index < -0.39 is 0 Å². The molecule has 3 heteroatoms. The molecule has 0 spiro atoms. The Hall–Kier alpha value is -2.52. The molecule has 136 valence electrons. The maximum Gasteiger partial charge on any atom is 0.137 e. The molecule has 0 saturated carbocycles. The molecule has 4 aromatic rings. The minimum Gasteiger partial charge on any atom is -0.488 e. The molecule has 3 aromatic carbocycles. The molecule has 0 amide bonds. The topological polar surface area (TPSA) is 22.4 Å². The molecule has 1 aromatic heterocycles. The third-order valence-electron chi connectivity index (χ3n) is 4.78. The number of para-hydroxylation sites is 1. The van der Waals surface area contributed by atoms with E-state index in [-0.39, 0.29) is 0 Å². The highest BCUT2D eigenvalue weighted by atomic mass is 79.9. The van der Waals surface area contributed by atoms with Crippen LogP contribution in [-0.2, 0) is 13.0 Å². The molecule has 0 atom stereocenters. The van der Waals surface area contributed by atoms with Gasteiger partial charge in [0.15, 0.2) is 0 Å². The van der Waals surface area contributed by atoms with Gasteiger partial charge in [0.25, 0.3) is 0 Å². The van der Waals surface area contributed by atoms with E-state index in [0.29, 0.717) is 6.61 Å². The minimum absolute atomic E-state index is 0.557. The summed E-state index contributed by atoms with van der Waals surface area (Å²) in [6, 6.07) is 22.8. The summed E-state index contributed by atoms with van der Waals surface area (Å²) in [6.07, 6.45) is 0.761. The predicted octanol–water partition coefficient (Wildman–Crippen LogP) is 6.98. The zero-order valence-corrected chi connectivity index (χ0v) is 17.0. The van der Waals surface area contributed by atoms with Gasteiger partial charge >= 0.3 is 0 Å². The molecule has 2 nitrogen and oxygen atoms in total. The van der Waals surface area contributed by atoms with E-state index in [1.54, 1.807) is 0 Å². The van der Waals surface area contributed by atoms with Gasteiger partial charge in [0.2, 0.25) is 0 Å². The first kappa shape index (κ1) is 17.9. The third kappa shape index (κ3) is 3.93. The van der Waals surface area contributed by atoms with Crippen LogP contribution in [0.3, 0.4) is 0 Å². The zero-order chi connectivity index (χ0) is 18.8. The van der Waals surface area contributed by atoms with Crippen molar-refractivity contribution >= 4 is 26.9 Å². The highest BCUT2D eigenvalue weighted by molar-refractivity contribution is 9.10. The van der Waals surface area contributed by atoms with Gasteiger partial charge in [0.1, 0.15) is 23.7 Å². The van der Waals surface area contributed by atoms with Crippen LogP contribution in [0.1, 0.15) is 28.0 Å². The Kier molecular flexibility index (Phi) is 5.04. The number of halogens is 1. The second kappa shape index (κ2) is 7.61. The van der Waals surface area contributed by atoms with Crippen LogP contribution in [0.4, 0.5) is 0 Å². The van der Waals surface area contributed by atoms with E-state index >= 15 is 0 Å². The molecule has 0 bridgehead atoms. The number of benzene rings is 3. The van der Waals surface area contributed by atoms with Crippen molar-refractivity contribution in [3.8, 4) is 5.75 Å². The van der Waals surface area contributed by atoms with Crippen LogP contribution in [-0.4, -0.2) is 0 Å². The Morgan fingerprint density at radius 3 is 2.48 bits per heavy atom. The lowest BCUT2D eigenvalue weighted by Crippen LogP contribution is -1.98. The third-order valence-corrected chi connectivity index (χ3v) is 5.40. The van der Waals surface area contributed by atoms with E-state index in [2.05, 4.69) is 78.3 Å². The SMILES string of the molecule is Cc1cc(OCc2ccccc2)c(Br)cc1Cc1cc2cccc(C)c2o1. The molecule has 0 unspecified atom stereocenters. The van der Waals surface area contributed by atoms with Gasteiger partial charge < -0.3 is 9.15 Å². The Balaban J connectivity index is 1.54. The Morgan fingerprint density at radius 2 is 1.70 bits per heavy atom. The highest BCUT2D eigenvalue weighted by Gasteiger charge is 2.11. The number of ether oxygens (including phenoxy) is 1. The highest BCUT2D eigenvalue weighted by Crippen LogP contribution is 2.31. The quantitative estimate of drug-likeness (QED) is 0.347. The second-order valence-electron chi connectivity index (χ2n) is 6.87. The first-order valence-electron chi connectivity index (χ1n) is 9.04. The van der Waals surface area contributed by atoms with Crippen molar-refractivity contribution in [3.63, 3.8) is 0 Å². The lowest BCUT2D eigenvalue weighted by Gasteiger charge is -2.12. The van der Waals surface area contributed by atoms with E-state index in [4.69, 9.17) is 9.15 Å². The molecule has 0 radical (unpaired) electrons. The van der Waals surface area contributed by atoms with Crippen molar-refractivity contribution in [1.82, 2.24) is 0 Å². The standard InChI is InChI=1S/C24H21BrO2/c1-16-7-6-10-19-12-21(27-24(16)19)13-20-14-22(25)23(11-17(20)2)26-15-18-8-4-3-5-9-18/h3-12,14H,13,15H2,1-2H3. The fourth-order valence-electron chi connectivity index (χ4n) is 3.27. The van der Waals surface area contributed by atoms with Gasteiger partial charge in [-0.2, -0.15) is 0 Å². The van der Waals surface area contributed by atoms with Gasteiger partial charge in [-0.25, -0.2) is 0 Å². The molecule has 1 heterocycles. The van der Waals surface area contributed by atoms with Gasteiger partial charge in [0.05, 0.1) is 4.47 Å². The monoisotopic (exact) mass is 420 g/mol. The predicted molar refractivity (Wildman–Crippen MR) is 113 cm³/mol. The number of aryl methyl sites for hydroxylation is 2. The van der Waals surface area contributed by atoms with Crippen molar-refractivity contribution in [2.75, 3.05) is 0 Å². The van der Waals surface area contributed by atoms with E-state index in [1.807, 2.05) is 18.2 Å². The summed E-state index contributed by atoms with van der Waals surface area (Å²) >= 11 is 3.66. The summed E-state index contributed by atoms with van der Waals surface area (Å²) in [6.45, 7) is 4.75. The number of rotatable bonds is 5. The van der Waals surface area contributed by atoms with Gasteiger partial charge in [0, 0.05) is 11.8 Å². The van der Waals surface area contributed by atoms with Crippen molar-refractivity contribution in [2.45, 2.75) is 26.9 Å². The number of fused-ring (bicyclic) bond motifs is 1.